The van der Waals surface area contributed by atoms with Crippen LogP contribution < -0.4 is 10.2 Å². The quantitative estimate of drug-likeness (QED) is 0.674. The summed E-state index contributed by atoms with van der Waals surface area (Å²) in [7, 11) is 0. The van der Waals surface area contributed by atoms with Gasteiger partial charge in [0.25, 0.3) is 0 Å². The van der Waals surface area contributed by atoms with Crippen LogP contribution in [-0.4, -0.2) is 11.9 Å². The number of carboxylic acids is 2. The maximum atomic E-state index is 10.6. The van der Waals surface area contributed by atoms with Gasteiger partial charge >= 0.3 is 19.5 Å². The molecule has 0 radical (unpaired) electrons. The van der Waals surface area contributed by atoms with Gasteiger partial charge in [-0.3, -0.25) is 0 Å². The van der Waals surface area contributed by atoms with Gasteiger partial charge in [0.05, 0.1) is 11.9 Å². The number of aromatic carboxylic acids is 2. The van der Waals surface area contributed by atoms with Crippen molar-refractivity contribution in [1.29, 1.82) is 0 Å². The van der Waals surface area contributed by atoms with Crippen LogP contribution in [0.5, 0.6) is 0 Å². The van der Waals surface area contributed by atoms with Crippen LogP contribution >= 0.6 is 0 Å². The minimum Gasteiger partial charge on any atom is -0.545 e. The van der Waals surface area contributed by atoms with Gasteiger partial charge in [0.1, 0.15) is 0 Å². The molecule has 27 heavy (non-hydrogen) atoms. The van der Waals surface area contributed by atoms with Gasteiger partial charge < -0.3 is 19.8 Å². The average molecular weight is 420 g/mol. The fourth-order valence-corrected chi connectivity index (χ4v) is 2.42. The van der Waals surface area contributed by atoms with Gasteiger partial charge in [-0.05, 0) is 59.1 Å². The SMILES string of the molecule is CCC(C)c1cccc(C(=O)[O-])c1.CCC(C)c1cccc(C(=O)[O-])c1.[Zn+2]. The Balaban J connectivity index is 0.000000483. The van der Waals surface area contributed by atoms with Gasteiger partial charge in [0.2, 0.25) is 0 Å². The summed E-state index contributed by atoms with van der Waals surface area (Å²) >= 11 is 0. The second-order valence-corrected chi connectivity index (χ2v) is 6.44. The zero-order valence-corrected chi connectivity index (χ0v) is 19.5. The van der Waals surface area contributed by atoms with Crippen LogP contribution in [-0.2, 0) is 19.5 Å². The van der Waals surface area contributed by atoms with Crippen LogP contribution in [0.25, 0.3) is 0 Å². The third-order valence-corrected chi connectivity index (χ3v) is 4.61. The van der Waals surface area contributed by atoms with Gasteiger partial charge in [-0.25, -0.2) is 0 Å². The summed E-state index contributed by atoms with van der Waals surface area (Å²) in [6.07, 6.45) is 2.02. The number of carboxylic acid groups (broad SMARTS) is 2. The van der Waals surface area contributed by atoms with Gasteiger partial charge in [0.15, 0.2) is 0 Å². The summed E-state index contributed by atoms with van der Waals surface area (Å²) in [6, 6.07) is 13.9. The Morgan fingerprint density at radius 2 is 1.11 bits per heavy atom. The van der Waals surface area contributed by atoms with Crippen molar-refractivity contribution in [2.75, 3.05) is 0 Å². The third kappa shape index (κ3) is 8.05. The Kier molecular flexibility index (Phi) is 11.5. The van der Waals surface area contributed by atoms with Crippen molar-refractivity contribution in [3.8, 4) is 0 Å². The Morgan fingerprint density at radius 1 is 0.778 bits per heavy atom. The molecule has 140 valence electrons. The van der Waals surface area contributed by atoms with E-state index < -0.39 is 11.9 Å². The molecule has 0 saturated heterocycles. The molecule has 0 saturated carbocycles. The molecule has 0 fully saturated rings. The molecule has 0 N–H and O–H groups in total. The van der Waals surface area contributed by atoms with E-state index in [1.165, 1.54) is 0 Å². The second-order valence-electron chi connectivity index (χ2n) is 6.44. The first kappa shape index (κ1) is 25.0. The molecule has 0 aliphatic heterocycles. The molecule has 0 aromatic heterocycles. The zero-order chi connectivity index (χ0) is 19.7. The van der Waals surface area contributed by atoms with E-state index >= 15 is 0 Å². The first-order valence-corrected chi connectivity index (χ1v) is 8.92. The fourth-order valence-electron chi connectivity index (χ4n) is 2.42. The van der Waals surface area contributed by atoms with E-state index in [4.69, 9.17) is 0 Å². The zero-order valence-electron chi connectivity index (χ0n) is 16.5. The molecule has 2 unspecified atom stereocenters. The normalized spacial score (nSPS) is 12.0. The van der Waals surface area contributed by atoms with E-state index in [1.54, 1.807) is 36.4 Å². The summed E-state index contributed by atoms with van der Waals surface area (Å²) < 4.78 is 0. The van der Waals surface area contributed by atoms with Gasteiger partial charge in [-0.2, -0.15) is 0 Å². The molecular formula is C22H26O4Zn. The number of rotatable bonds is 6. The van der Waals surface area contributed by atoms with Gasteiger partial charge in [-0.15, -0.1) is 0 Å². The Bertz CT molecular complexity index is 679. The van der Waals surface area contributed by atoms with Crippen molar-refractivity contribution in [2.45, 2.75) is 52.4 Å². The molecule has 2 aromatic rings. The topological polar surface area (TPSA) is 80.3 Å². The summed E-state index contributed by atoms with van der Waals surface area (Å²) in [5, 5.41) is 21.1. The molecule has 0 heterocycles. The third-order valence-electron chi connectivity index (χ3n) is 4.61. The molecule has 5 heteroatoms. The van der Waals surface area contributed by atoms with Crippen LogP contribution in [0.4, 0.5) is 0 Å². The number of carbonyl (C=O) groups is 2. The van der Waals surface area contributed by atoms with Gasteiger partial charge in [-0.1, -0.05) is 64.1 Å². The maximum absolute atomic E-state index is 10.6. The summed E-state index contributed by atoms with van der Waals surface area (Å²) in [5.41, 5.74) is 2.64. The Morgan fingerprint density at radius 3 is 1.37 bits per heavy atom. The van der Waals surface area contributed by atoms with Crippen LogP contribution in [0, 0.1) is 0 Å². The van der Waals surface area contributed by atoms with Crippen molar-refractivity contribution in [2.24, 2.45) is 0 Å². The van der Waals surface area contributed by atoms with E-state index in [0.29, 0.717) is 11.8 Å². The minimum absolute atomic E-state index is 0. The van der Waals surface area contributed by atoms with E-state index in [1.807, 2.05) is 12.1 Å². The molecule has 0 aliphatic rings. The summed E-state index contributed by atoms with van der Waals surface area (Å²) in [5.74, 6) is -1.41. The Hall–Kier alpha value is -2.00. The minimum atomic E-state index is -1.11. The molecule has 4 nitrogen and oxygen atoms in total. The second kappa shape index (κ2) is 12.4. The van der Waals surface area contributed by atoms with Crippen molar-refractivity contribution >= 4 is 11.9 Å². The van der Waals surface area contributed by atoms with Crippen molar-refractivity contribution in [3.63, 3.8) is 0 Å². The predicted octanol–water partition coefficient (Wildman–Crippen LogP) is 3.12. The van der Waals surface area contributed by atoms with Crippen LogP contribution in [0.1, 0.15) is 84.2 Å². The molecule has 2 aromatic carbocycles. The summed E-state index contributed by atoms with van der Waals surface area (Å²) in [4.78, 5) is 21.1. The average Bonchev–Trinajstić information content (AvgIpc) is 2.67. The van der Waals surface area contributed by atoms with Crippen molar-refractivity contribution in [3.05, 3.63) is 70.8 Å². The molecule has 0 spiro atoms. The number of hydrogen-bond acceptors (Lipinski definition) is 4. The van der Waals surface area contributed by atoms with Crippen molar-refractivity contribution in [1.82, 2.24) is 0 Å². The maximum Gasteiger partial charge on any atom is 2.00 e. The van der Waals surface area contributed by atoms with Crippen molar-refractivity contribution < 1.29 is 39.3 Å². The molecule has 2 atom stereocenters. The molecule has 0 amide bonds. The number of hydrogen-bond donors (Lipinski definition) is 0. The van der Waals surface area contributed by atoms with Crippen LogP contribution in [0.15, 0.2) is 48.5 Å². The molecule has 0 bridgehead atoms. The van der Waals surface area contributed by atoms with E-state index in [0.717, 1.165) is 24.0 Å². The van der Waals surface area contributed by atoms with Crippen LogP contribution in [0.3, 0.4) is 0 Å². The predicted molar refractivity (Wildman–Crippen MR) is 99.0 cm³/mol. The van der Waals surface area contributed by atoms with E-state index in [2.05, 4.69) is 27.7 Å². The smallest absolute Gasteiger partial charge is 0.545 e. The largest absolute Gasteiger partial charge is 2.00 e. The van der Waals surface area contributed by atoms with Crippen LogP contribution in [0.2, 0.25) is 0 Å². The monoisotopic (exact) mass is 418 g/mol. The van der Waals surface area contributed by atoms with E-state index in [-0.39, 0.29) is 30.6 Å². The first-order chi connectivity index (χ1) is 12.3. The fraction of sp³-hybridized carbons (Fsp3) is 0.364. The summed E-state index contributed by atoms with van der Waals surface area (Å²) in [6.45, 7) is 8.31. The molecular weight excluding hydrogens is 394 g/mol. The number of benzene rings is 2. The molecule has 2 rings (SSSR count). The standard InChI is InChI=1S/2C11H14O2.Zn/c2*1-3-8(2)9-5-4-6-10(7-9)11(12)13;/h2*4-8H,3H2,1-2H3,(H,12,13);/q;;+2/p-2. The Labute approximate surface area is 174 Å². The first-order valence-electron chi connectivity index (χ1n) is 8.92. The van der Waals surface area contributed by atoms with E-state index in [9.17, 15) is 19.8 Å². The van der Waals surface area contributed by atoms with Gasteiger partial charge in [0, 0.05) is 0 Å². The number of carbonyl (C=O) groups excluding carboxylic acids is 2. The molecule has 0 aliphatic carbocycles.